The van der Waals surface area contributed by atoms with E-state index in [9.17, 15) is 0 Å². The summed E-state index contributed by atoms with van der Waals surface area (Å²) in [5.74, 6) is 0.776. The van der Waals surface area contributed by atoms with Crippen LogP contribution in [0.25, 0.3) is 21.1 Å². The van der Waals surface area contributed by atoms with Gasteiger partial charge in [-0.3, -0.25) is 4.98 Å². The Labute approximate surface area is 131 Å². The molecule has 2 aromatic carbocycles. The molecule has 2 heterocycles. The minimum Gasteiger partial charge on any atom is -0.494 e. The van der Waals surface area contributed by atoms with E-state index in [1.807, 2.05) is 48.5 Å². The van der Waals surface area contributed by atoms with Crippen LogP contribution in [0.2, 0.25) is 0 Å². The third kappa shape index (κ3) is 2.16. The van der Waals surface area contributed by atoms with E-state index in [1.165, 1.54) is 0 Å². The number of fused-ring (bicyclic) bond motifs is 3. The molecule has 0 saturated heterocycles. The Kier molecular flexibility index (Phi) is 3.12. The van der Waals surface area contributed by atoms with Crippen molar-refractivity contribution in [1.29, 1.82) is 0 Å². The molecule has 5 heteroatoms. The Hall–Kier alpha value is -2.66. The van der Waals surface area contributed by atoms with E-state index in [4.69, 9.17) is 9.72 Å². The van der Waals surface area contributed by atoms with Gasteiger partial charge in [0.15, 0.2) is 5.13 Å². The average Bonchev–Trinajstić information content (AvgIpc) is 2.97. The molecule has 0 aliphatic carbocycles. The Morgan fingerprint density at radius 2 is 1.91 bits per heavy atom. The number of para-hydroxylation sites is 1. The minimum atomic E-state index is 0.776. The normalized spacial score (nSPS) is 11.0. The third-order valence-electron chi connectivity index (χ3n) is 3.46. The number of rotatable bonds is 3. The van der Waals surface area contributed by atoms with Gasteiger partial charge in [0, 0.05) is 23.3 Å². The predicted molar refractivity (Wildman–Crippen MR) is 91.2 cm³/mol. The van der Waals surface area contributed by atoms with Crippen LogP contribution in [0, 0.1) is 0 Å². The molecule has 4 aromatic rings. The van der Waals surface area contributed by atoms with Crippen molar-refractivity contribution in [2.45, 2.75) is 0 Å². The first-order chi connectivity index (χ1) is 10.8. The van der Waals surface area contributed by atoms with E-state index in [0.717, 1.165) is 37.7 Å². The van der Waals surface area contributed by atoms with E-state index in [-0.39, 0.29) is 0 Å². The second-order valence-electron chi connectivity index (χ2n) is 4.84. The van der Waals surface area contributed by atoms with Crippen molar-refractivity contribution < 1.29 is 4.74 Å². The number of benzene rings is 2. The third-order valence-corrected chi connectivity index (χ3v) is 4.37. The number of nitrogens with one attached hydrogen (secondary N) is 1. The van der Waals surface area contributed by atoms with Crippen molar-refractivity contribution in [1.82, 2.24) is 9.97 Å². The average molecular weight is 307 g/mol. The zero-order chi connectivity index (χ0) is 14.9. The lowest BCUT2D eigenvalue weighted by molar-refractivity contribution is 0.419. The van der Waals surface area contributed by atoms with Gasteiger partial charge in [-0.1, -0.05) is 29.5 Å². The van der Waals surface area contributed by atoms with E-state index >= 15 is 0 Å². The lowest BCUT2D eigenvalue weighted by atomic mass is 10.2. The summed E-state index contributed by atoms with van der Waals surface area (Å²) in [7, 11) is 1.67. The highest BCUT2D eigenvalue weighted by atomic mass is 32.1. The van der Waals surface area contributed by atoms with Gasteiger partial charge in [0.25, 0.3) is 0 Å². The number of methoxy groups -OCH3 is 1. The largest absolute Gasteiger partial charge is 0.494 e. The van der Waals surface area contributed by atoms with Crippen LogP contribution in [-0.4, -0.2) is 17.1 Å². The van der Waals surface area contributed by atoms with Crippen LogP contribution in [-0.2, 0) is 0 Å². The SMILES string of the molecule is COc1cc2sc(Nc3ccccc3)nc2c2cccnc12. The molecule has 2 aromatic heterocycles. The molecular formula is C17H13N3OS. The van der Waals surface area contributed by atoms with E-state index in [1.54, 1.807) is 24.6 Å². The lowest BCUT2D eigenvalue weighted by Crippen LogP contribution is -1.89. The topological polar surface area (TPSA) is 47.0 Å². The molecule has 0 fully saturated rings. The van der Waals surface area contributed by atoms with Crippen LogP contribution < -0.4 is 10.1 Å². The fourth-order valence-corrected chi connectivity index (χ4v) is 3.39. The van der Waals surface area contributed by atoms with Crippen LogP contribution in [0.3, 0.4) is 0 Å². The number of ether oxygens (including phenoxy) is 1. The number of thiazole rings is 1. The highest BCUT2D eigenvalue weighted by Gasteiger charge is 2.12. The molecule has 0 unspecified atom stereocenters. The van der Waals surface area contributed by atoms with Gasteiger partial charge in [-0.05, 0) is 24.3 Å². The minimum absolute atomic E-state index is 0.776. The maximum Gasteiger partial charge on any atom is 0.188 e. The Bertz CT molecular complexity index is 950. The van der Waals surface area contributed by atoms with Gasteiger partial charge in [-0.15, -0.1) is 0 Å². The zero-order valence-electron chi connectivity index (χ0n) is 11.9. The maximum absolute atomic E-state index is 5.46. The van der Waals surface area contributed by atoms with Gasteiger partial charge < -0.3 is 10.1 Å². The molecule has 22 heavy (non-hydrogen) atoms. The number of pyridine rings is 1. The summed E-state index contributed by atoms with van der Waals surface area (Å²) in [5.41, 5.74) is 2.82. The van der Waals surface area contributed by atoms with Crippen molar-refractivity contribution in [2.75, 3.05) is 12.4 Å². The molecule has 0 aliphatic rings. The molecule has 4 nitrogen and oxygen atoms in total. The molecule has 0 atom stereocenters. The van der Waals surface area contributed by atoms with Gasteiger partial charge in [-0.2, -0.15) is 0 Å². The summed E-state index contributed by atoms with van der Waals surface area (Å²) in [4.78, 5) is 9.14. The van der Waals surface area contributed by atoms with Crippen LogP contribution >= 0.6 is 11.3 Å². The van der Waals surface area contributed by atoms with Gasteiger partial charge >= 0.3 is 0 Å². The number of hydrogen-bond donors (Lipinski definition) is 1. The first-order valence-corrected chi connectivity index (χ1v) is 7.71. The highest BCUT2D eigenvalue weighted by molar-refractivity contribution is 7.22. The molecule has 0 saturated carbocycles. The Balaban J connectivity index is 1.88. The summed E-state index contributed by atoms with van der Waals surface area (Å²) in [5, 5.41) is 5.21. The summed E-state index contributed by atoms with van der Waals surface area (Å²) in [6, 6.07) is 16.0. The molecule has 0 spiro atoms. The van der Waals surface area contributed by atoms with E-state index in [2.05, 4.69) is 10.3 Å². The molecule has 0 bridgehead atoms. The van der Waals surface area contributed by atoms with Gasteiger partial charge in [0.1, 0.15) is 11.3 Å². The maximum atomic E-state index is 5.46. The van der Waals surface area contributed by atoms with Crippen LogP contribution in [0.5, 0.6) is 5.75 Å². The summed E-state index contributed by atoms with van der Waals surface area (Å²) >= 11 is 1.61. The first kappa shape index (κ1) is 13.0. The van der Waals surface area contributed by atoms with Crippen LogP contribution in [0.1, 0.15) is 0 Å². The van der Waals surface area contributed by atoms with Crippen LogP contribution in [0.15, 0.2) is 54.7 Å². The van der Waals surface area contributed by atoms with Gasteiger partial charge in [-0.25, -0.2) is 4.98 Å². The zero-order valence-corrected chi connectivity index (χ0v) is 12.7. The summed E-state index contributed by atoms with van der Waals surface area (Å²) < 4.78 is 6.54. The quantitative estimate of drug-likeness (QED) is 0.601. The van der Waals surface area contributed by atoms with Crippen molar-refractivity contribution >= 4 is 43.3 Å². The fourth-order valence-electron chi connectivity index (χ4n) is 2.46. The fraction of sp³-hybridized carbons (Fsp3) is 0.0588. The molecule has 0 amide bonds. The molecular weight excluding hydrogens is 294 g/mol. The smallest absolute Gasteiger partial charge is 0.188 e. The first-order valence-electron chi connectivity index (χ1n) is 6.89. The highest BCUT2D eigenvalue weighted by Crippen LogP contribution is 2.37. The van der Waals surface area contributed by atoms with E-state index < -0.39 is 0 Å². The number of hydrogen-bond acceptors (Lipinski definition) is 5. The standard InChI is InChI=1S/C17H13N3OS/c1-21-13-10-14-16(12-8-5-9-18-15(12)13)20-17(22-14)19-11-6-3-2-4-7-11/h2-10H,1H3,(H,19,20). The second kappa shape index (κ2) is 5.27. The number of nitrogens with zero attached hydrogens (tertiary/aromatic N) is 2. The Morgan fingerprint density at radius 3 is 2.73 bits per heavy atom. The number of anilines is 2. The molecule has 0 aliphatic heterocycles. The number of aromatic nitrogens is 2. The summed E-state index contributed by atoms with van der Waals surface area (Å²) in [6.45, 7) is 0. The molecule has 108 valence electrons. The molecule has 0 radical (unpaired) electrons. The molecule has 1 N–H and O–H groups in total. The van der Waals surface area contributed by atoms with Gasteiger partial charge in [0.05, 0.1) is 17.3 Å². The van der Waals surface area contributed by atoms with Crippen molar-refractivity contribution in [3.8, 4) is 5.75 Å². The lowest BCUT2D eigenvalue weighted by Gasteiger charge is -2.04. The van der Waals surface area contributed by atoms with Crippen molar-refractivity contribution in [2.24, 2.45) is 0 Å². The Morgan fingerprint density at radius 1 is 1.05 bits per heavy atom. The van der Waals surface area contributed by atoms with E-state index in [0.29, 0.717) is 0 Å². The predicted octanol–water partition coefficient (Wildman–Crippen LogP) is 4.60. The van der Waals surface area contributed by atoms with Crippen molar-refractivity contribution in [3.05, 3.63) is 54.7 Å². The molecule has 4 rings (SSSR count). The monoisotopic (exact) mass is 307 g/mol. The van der Waals surface area contributed by atoms with Crippen molar-refractivity contribution in [3.63, 3.8) is 0 Å². The summed E-state index contributed by atoms with van der Waals surface area (Å²) in [6.07, 6.45) is 1.77. The second-order valence-corrected chi connectivity index (χ2v) is 5.87. The van der Waals surface area contributed by atoms with Crippen LogP contribution in [0.4, 0.5) is 10.8 Å². The van der Waals surface area contributed by atoms with Gasteiger partial charge in [0.2, 0.25) is 0 Å².